The van der Waals surface area contributed by atoms with Crippen LogP contribution in [0.3, 0.4) is 0 Å². The summed E-state index contributed by atoms with van der Waals surface area (Å²) in [6, 6.07) is -1.89. The zero-order valence-corrected chi connectivity index (χ0v) is 14.4. The summed E-state index contributed by atoms with van der Waals surface area (Å²) in [5, 5.41) is 2.60. The van der Waals surface area contributed by atoms with Crippen molar-refractivity contribution in [1.82, 2.24) is 5.32 Å². The molecule has 0 bridgehead atoms. The second kappa shape index (κ2) is 8.12. The summed E-state index contributed by atoms with van der Waals surface area (Å²) in [5.74, 6) is -2.69. The molecule has 3 atom stereocenters. The second-order valence-electron chi connectivity index (χ2n) is 6.60. The lowest BCUT2D eigenvalue weighted by molar-refractivity contribution is -0.160. The van der Waals surface area contributed by atoms with E-state index in [0.29, 0.717) is 0 Å². The third-order valence-corrected chi connectivity index (χ3v) is 3.05. The Kier molecular flexibility index (Phi) is 7.52. The average molecular weight is 316 g/mol. The summed E-state index contributed by atoms with van der Waals surface area (Å²) >= 11 is 0. The smallest absolute Gasteiger partial charge is 0.329 e. The molecule has 0 aliphatic carbocycles. The van der Waals surface area contributed by atoms with Crippen molar-refractivity contribution in [2.45, 2.75) is 59.2 Å². The molecule has 0 rings (SSSR count). The van der Waals surface area contributed by atoms with E-state index in [0.717, 1.165) is 0 Å². The lowest BCUT2D eigenvalue weighted by Crippen LogP contribution is -2.52. The molecular weight excluding hydrogens is 288 g/mol. The molecule has 0 fully saturated rings. The molecule has 7 heteroatoms. The van der Waals surface area contributed by atoms with Gasteiger partial charge in [-0.1, -0.05) is 20.8 Å². The van der Waals surface area contributed by atoms with Crippen molar-refractivity contribution in [3.63, 3.8) is 0 Å². The van der Waals surface area contributed by atoms with Gasteiger partial charge in [0.05, 0.1) is 13.0 Å². The normalized spacial score (nSPS) is 15.7. The molecule has 0 aromatic heterocycles. The Bertz CT molecular complexity index is 415. The van der Waals surface area contributed by atoms with E-state index in [2.05, 4.69) is 10.1 Å². The number of nitrogens with one attached hydrogen (secondary N) is 1. The minimum atomic E-state index is -1.09. The number of carbonyl (C=O) groups excluding carboxylic acids is 3. The van der Waals surface area contributed by atoms with Crippen molar-refractivity contribution >= 4 is 17.8 Å². The molecule has 7 nitrogen and oxygen atoms in total. The highest BCUT2D eigenvalue weighted by atomic mass is 16.6. The minimum absolute atomic E-state index is 0.166. The van der Waals surface area contributed by atoms with E-state index in [1.54, 1.807) is 34.6 Å². The van der Waals surface area contributed by atoms with Crippen LogP contribution in [0.25, 0.3) is 0 Å². The summed E-state index contributed by atoms with van der Waals surface area (Å²) in [5.41, 5.74) is 5.00. The first-order chi connectivity index (χ1) is 9.90. The molecule has 0 aromatic carbocycles. The average Bonchev–Trinajstić information content (AvgIpc) is 2.39. The molecule has 22 heavy (non-hydrogen) atoms. The number of rotatable bonds is 6. The van der Waals surface area contributed by atoms with Gasteiger partial charge in [0.2, 0.25) is 5.91 Å². The van der Waals surface area contributed by atoms with Gasteiger partial charge in [0, 0.05) is 0 Å². The van der Waals surface area contributed by atoms with Crippen LogP contribution < -0.4 is 11.1 Å². The maximum atomic E-state index is 12.2. The van der Waals surface area contributed by atoms with Gasteiger partial charge in [-0.3, -0.25) is 9.59 Å². The summed E-state index contributed by atoms with van der Waals surface area (Å²) in [6.45, 7) is 10.3. The first-order valence-electron chi connectivity index (χ1n) is 7.27. The van der Waals surface area contributed by atoms with Gasteiger partial charge in [0.1, 0.15) is 17.7 Å². The Morgan fingerprint density at radius 1 is 1.05 bits per heavy atom. The van der Waals surface area contributed by atoms with Crippen molar-refractivity contribution in [2.75, 3.05) is 7.11 Å². The van der Waals surface area contributed by atoms with E-state index in [1.807, 2.05) is 0 Å². The van der Waals surface area contributed by atoms with E-state index < -0.39 is 41.4 Å². The molecule has 0 radical (unpaired) electrons. The monoisotopic (exact) mass is 316 g/mol. The van der Waals surface area contributed by atoms with Crippen molar-refractivity contribution < 1.29 is 23.9 Å². The quantitative estimate of drug-likeness (QED) is 0.695. The third-order valence-electron chi connectivity index (χ3n) is 3.05. The Hall–Kier alpha value is -1.63. The van der Waals surface area contributed by atoms with Crippen LogP contribution in [0.15, 0.2) is 0 Å². The van der Waals surface area contributed by atoms with Crippen LogP contribution in [0.5, 0.6) is 0 Å². The van der Waals surface area contributed by atoms with Gasteiger partial charge in [0.25, 0.3) is 0 Å². The van der Waals surface area contributed by atoms with Crippen molar-refractivity contribution in [1.29, 1.82) is 0 Å². The first kappa shape index (κ1) is 20.4. The fourth-order valence-corrected chi connectivity index (χ4v) is 1.65. The zero-order chi connectivity index (χ0) is 17.7. The number of amides is 1. The molecular formula is C15H28N2O5. The van der Waals surface area contributed by atoms with E-state index >= 15 is 0 Å². The van der Waals surface area contributed by atoms with Crippen LogP contribution in [0.4, 0.5) is 0 Å². The fraction of sp³-hybridized carbons (Fsp3) is 0.800. The number of carbonyl (C=O) groups is 3. The predicted octanol–water partition coefficient (Wildman–Crippen LogP) is 0.605. The van der Waals surface area contributed by atoms with Gasteiger partial charge in [-0.15, -0.1) is 0 Å². The van der Waals surface area contributed by atoms with Gasteiger partial charge in [-0.2, -0.15) is 0 Å². The molecule has 0 aliphatic rings. The van der Waals surface area contributed by atoms with Crippen LogP contribution in [0, 0.1) is 11.8 Å². The Balaban J connectivity index is 4.93. The van der Waals surface area contributed by atoms with Crippen molar-refractivity contribution in [3.8, 4) is 0 Å². The van der Waals surface area contributed by atoms with Crippen LogP contribution in [0.2, 0.25) is 0 Å². The molecule has 0 spiro atoms. The van der Waals surface area contributed by atoms with Crippen LogP contribution in [-0.4, -0.2) is 42.6 Å². The van der Waals surface area contributed by atoms with Gasteiger partial charge < -0.3 is 20.5 Å². The molecule has 0 unspecified atom stereocenters. The molecule has 0 aromatic rings. The molecule has 0 saturated carbocycles. The lowest BCUT2D eigenvalue weighted by atomic mass is 9.99. The Morgan fingerprint density at radius 3 is 1.91 bits per heavy atom. The molecule has 0 saturated heterocycles. The number of esters is 2. The highest BCUT2D eigenvalue weighted by molar-refractivity contribution is 5.90. The van der Waals surface area contributed by atoms with Gasteiger partial charge in [-0.05, 0) is 26.7 Å². The topological polar surface area (TPSA) is 108 Å². The lowest BCUT2D eigenvalue weighted by Gasteiger charge is -2.28. The molecule has 3 N–H and O–H groups in total. The van der Waals surface area contributed by atoms with E-state index in [4.69, 9.17) is 10.5 Å². The van der Waals surface area contributed by atoms with E-state index in [9.17, 15) is 14.4 Å². The van der Waals surface area contributed by atoms with Crippen LogP contribution in [0.1, 0.15) is 41.5 Å². The van der Waals surface area contributed by atoms with Crippen molar-refractivity contribution in [2.24, 2.45) is 17.6 Å². The second-order valence-corrected chi connectivity index (χ2v) is 6.60. The van der Waals surface area contributed by atoms with Gasteiger partial charge in [0.15, 0.2) is 0 Å². The van der Waals surface area contributed by atoms with E-state index in [-0.39, 0.29) is 5.92 Å². The maximum absolute atomic E-state index is 12.2. The number of ether oxygens (including phenoxy) is 2. The summed E-state index contributed by atoms with van der Waals surface area (Å²) in [4.78, 5) is 35.7. The molecule has 128 valence electrons. The Labute approximate surface area is 131 Å². The molecule has 0 aliphatic heterocycles. The minimum Gasteiger partial charge on any atom is -0.468 e. The maximum Gasteiger partial charge on any atom is 0.329 e. The third kappa shape index (κ3) is 6.43. The van der Waals surface area contributed by atoms with Crippen LogP contribution in [-0.2, 0) is 23.9 Å². The summed E-state index contributed by atoms with van der Waals surface area (Å²) < 4.78 is 9.81. The number of nitrogens with two attached hydrogens (primary N) is 1. The largest absolute Gasteiger partial charge is 0.468 e. The predicted molar refractivity (Wildman–Crippen MR) is 81.8 cm³/mol. The standard InChI is InChI=1S/C15H28N2O5/c1-8(2)11(14(20)22-15(4,5)6)17-12(18)9(3)10(16)13(19)21-7/h8-11H,16H2,1-7H3,(H,17,18)/t9-,10+,11-/m0/s1. The highest BCUT2D eigenvalue weighted by Crippen LogP contribution is 2.13. The summed E-state index contributed by atoms with van der Waals surface area (Å²) in [6.07, 6.45) is 0. The van der Waals surface area contributed by atoms with Gasteiger partial charge >= 0.3 is 11.9 Å². The highest BCUT2D eigenvalue weighted by Gasteiger charge is 2.33. The fourth-order valence-electron chi connectivity index (χ4n) is 1.65. The van der Waals surface area contributed by atoms with Gasteiger partial charge in [-0.25, -0.2) is 4.79 Å². The molecule has 0 heterocycles. The number of hydrogen-bond acceptors (Lipinski definition) is 6. The zero-order valence-electron chi connectivity index (χ0n) is 14.4. The van der Waals surface area contributed by atoms with Crippen molar-refractivity contribution in [3.05, 3.63) is 0 Å². The SMILES string of the molecule is COC(=O)[C@H](N)[C@H](C)C(=O)N[C@H](C(=O)OC(C)(C)C)C(C)C. The Morgan fingerprint density at radius 2 is 1.55 bits per heavy atom. The van der Waals surface area contributed by atoms with Crippen LogP contribution >= 0.6 is 0 Å². The number of hydrogen-bond donors (Lipinski definition) is 2. The number of methoxy groups -OCH3 is 1. The first-order valence-corrected chi connectivity index (χ1v) is 7.27. The molecule has 1 amide bonds. The summed E-state index contributed by atoms with van der Waals surface area (Å²) in [7, 11) is 1.20. The van der Waals surface area contributed by atoms with E-state index in [1.165, 1.54) is 14.0 Å².